The molecule has 0 aliphatic rings. The lowest BCUT2D eigenvalue weighted by molar-refractivity contribution is 0.387. The number of aromatic nitrogens is 5. The first kappa shape index (κ1) is 12.9. The van der Waals surface area contributed by atoms with E-state index in [1.165, 1.54) is 11.8 Å². The third-order valence-electron chi connectivity index (χ3n) is 2.35. The lowest BCUT2D eigenvalue weighted by Gasteiger charge is -2.02. The van der Waals surface area contributed by atoms with Gasteiger partial charge in [0.15, 0.2) is 11.0 Å². The van der Waals surface area contributed by atoms with Gasteiger partial charge in [-0.25, -0.2) is 9.89 Å². The molecule has 0 aliphatic heterocycles. The van der Waals surface area contributed by atoms with E-state index in [-0.39, 0.29) is 5.69 Å². The number of nitrogens with zero attached hydrogens (tertiary/aromatic N) is 4. The molecule has 2 aromatic heterocycles. The van der Waals surface area contributed by atoms with Crippen molar-refractivity contribution in [3.63, 3.8) is 0 Å². The highest BCUT2D eigenvalue weighted by molar-refractivity contribution is 7.98. The number of hydrogen-bond acceptors (Lipinski definition) is 6. The van der Waals surface area contributed by atoms with Crippen molar-refractivity contribution in [3.8, 4) is 0 Å². The van der Waals surface area contributed by atoms with Gasteiger partial charge in [-0.05, 0) is 13.3 Å². The molecule has 0 bridgehead atoms. The minimum Gasteiger partial charge on any atom is -0.338 e. The predicted molar refractivity (Wildman–Crippen MR) is 66.4 cm³/mol. The number of H-pyrrole nitrogens is 1. The van der Waals surface area contributed by atoms with Crippen LogP contribution in [0.1, 0.15) is 31.5 Å². The Morgan fingerprint density at radius 1 is 1.50 bits per heavy atom. The van der Waals surface area contributed by atoms with Gasteiger partial charge in [0, 0.05) is 6.54 Å². The number of hydrogen-bond donors (Lipinski definition) is 1. The average Bonchev–Trinajstić information content (AvgIpc) is 2.91. The Morgan fingerprint density at radius 2 is 2.33 bits per heavy atom. The van der Waals surface area contributed by atoms with Crippen molar-refractivity contribution in [1.82, 2.24) is 24.9 Å². The Morgan fingerprint density at radius 3 is 3.00 bits per heavy atom. The molecular formula is C10H15N5O2S. The maximum absolute atomic E-state index is 11.5. The zero-order valence-electron chi connectivity index (χ0n) is 10.3. The van der Waals surface area contributed by atoms with Crippen LogP contribution in [0.3, 0.4) is 0 Å². The minimum absolute atomic E-state index is 0.173. The molecule has 2 rings (SSSR count). The molecule has 98 valence electrons. The molecule has 0 atom stereocenters. The van der Waals surface area contributed by atoms with Crippen molar-refractivity contribution in [2.24, 2.45) is 0 Å². The summed E-state index contributed by atoms with van der Waals surface area (Å²) in [5.41, 5.74) is -0.173. The number of nitrogens with one attached hydrogen (secondary N) is 1. The second kappa shape index (κ2) is 5.85. The first-order chi connectivity index (χ1) is 8.70. The van der Waals surface area contributed by atoms with E-state index in [0.717, 1.165) is 12.8 Å². The van der Waals surface area contributed by atoms with Crippen molar-refractivity contribution in [2.75, 3.05) is 0 Å². The summed E-state index contributed by atoms with van der Waals surface area (Å²) < 4.78 is 6.64. The SMILES string of the molecule is CCCCn1c(SCc2nc(C)no2)n[nH]c1=O. The minimum atomic E-state index is -0.173. The molecule has 8 heteroatoms. The van der Waals surface area contributed by atoms with Crippen LogP contribution in [0.2, 0.25) is 0 Å². The summed E-state index contributed by atoms with van der Waals surface area (Å²) in [5, 5.41) is 10.8. The number of aryl methyl sites for hydroxylation is 1. The van der Waals surface area contributed by atoms with E-state index in [9.17, 15) is 4.79 Å². The predicted octanol–water partition coefficient (Wildman–Crippen LogP) is 1.36. The van der Waals surface area contributed by atoms with Gasteiger partial charge in [0.1, 0.15) is 0 Å². The first-order valence-corrected chi connectivity index (χ1v) is 6.76. The van der Waals surface area contributed by atoms with Crippen molar-refractivity contribution < 1.29 is 4.52 Å². The molecule has 2 aromatic rings. The van der Waals surface area contributed by atoms with Gasteiger partial charge in [-0.15, -0.1) is 5.10 Å². The zero-order valence-corrected chi connectivity index (χ0v) is 11.2. The molecule has 0 amide bonds. The fourth-order valence-corrected chi connectivity index (χ4v) is 2.26. The van der Waals surface area contributed by atoms with Gasteiger partial charge in [0.25, 0.3) is 0 Å². The maximum atomic E-state index is 11.5. The molecule has 0 fully saturated rings. The van der Waals surface area contributed by atoms with Crippen LogP contribution in [0.25, 0.3) is 0 Å². The Labute approximate surface area is 108 Å². The summed E-state index contributed by atoms with van der Waals surface area (Å²) in [5.74, 6) is 1.66. The number of unbranched alkanes of at least 4 members (excludes halogenated alkanes) is 1. The third kappa shape index (κ3) is 3.00. The van der Waals surface area contributed by atoms with Crippen molar-refractivity contribution >= 4 is 11.8 Å². The number of rotatable bonds is 6. The van der Waals surface area contributed by atoms with Crippen molar-refractivity contribution in [2.45, 2.75) is 44.1 Å². The molecule has 0 radical (unpaired) electrons. The molecule has 0 unspecified atom stereocenters. The van der Waals surface area contributed by atoms with Crippen LogP contribution in [-0.2, 0) is 12.3 Å². The van der Waals surface area contributed by atoms with Crippen molar-refractivity contribution in [3.05, 3.63) is 22.2 Å². The van der Waals surface area contributed by atoms with Crippen molar-refractivity contribution in [1.29, 1.82) is 0 Å². The fraction of sp³-hybridized carbons (Fsp3) is 0.600. The maximum Gasteiger partial charge on any atom is 0.343 e. The van der Waals surface area contributed by atoms with Crippen LogP contribution in [0.15, 0.2) is 14.5 Å². The Balaban J connectivity index is 2.02. The topological polar surface area (TPSA) is 89.6 Å². The summed E-state index contributed by atoms with van der Waals surface area (Å²) in [6.45, 7) is 4.53. The van der Waals surface area contributed by atoms with Crippen LogP contribution in [0.5, 0.6) is 0 Å². The standard InChI is InChI=1S/C10H15N5O2S/c1-3-4-5-15-9(16)12-13-10(15)18-6-8-11-7(2)14-17-8/h3-6H2,1-2H3,(H,12,16). The molecule has 7 nitrogen and oxygen atoms in total. The van der Waals surface area contributed by atoms with Crippen LogP contribution in [-0.4, -0.2) is 24.9 Å². The van der Waals surface area contributed by atoms with E-state index in [1.54, 1.807) is 11.5 Å². The molecule has 0 saturated carbocycles. The molecule has 0 aromatic carbocycles. The summed E-state index contributed by atoms with van der Waals surface area (Å²) in [7, 11) is 0. The van der Waals surface area contributed by atoms with Crippen LogP contribution < -0.4 is 5.69 Å². The quantitative estimate of drug-likeness (QED) is 0.796. The monoisotopic (exact) mass is 269 g/mol. The average molecular weight is 269 g/mol. The van der Waals surface area contributed by atoms with Crippen LogP contribution >= 0.6 is 11.8 Å². The fourth-order valence-electron chi connectivity index (χ4n) is 1.45. The van der Waals surface area contributed by atoms with E-state index in [4.69, 9.17) is 4.52 Å². The molecular weight excluding hydrogens is 254 g/mol. The van der Waals surface area contributed by atoms with Gasteiger partial charge < -0.3 is 4.52 Å². The lowest BCUT2D eigenvalue weighted by Crippen LogP contribution is -2.17. The lowest BCUT2D eigenvalue weighted by atomic mass is 10.3. The highest BCUT2D eigenvalue weighted by atomic mass is 32.2. The Hall–Kier alpha value is -1.57. The highest BCUT2D eigenvalue weighted by Gasteiger charge is 2.10. The van der Waals surface area contributed by atoms with E-state index in [0.29, 0.717) is 29.2 Å². The third-order valence-corrected chi connectivity index (χ3v) is 3.31. The molecule has 0 saturated heterocycles. The summed E-state index contributed by atoms with van der Waals surface area (Å²) in [6.07, 6.45) is 1.98. The van der Waals surface area contributed by atoms with E-state index in [1.807, 2.05) is 0 Å². The molecule has 1 N–H and O–H groups in total. The van der Waals surface area contributed by atoms with Gasteiger partial charge in [-0.2, -0.15) is 4.98 Å². The van der Waals surface area contributed by atoms with Gasteiger partial charge in [-0.3, -0.25) is 4.57 Å². The molecule has 0 spiro atoms. The number of aromatic amines is 1. The molecule has 2 heterocycles. The summed E-state index contributed by atoms with van der Waals surface area (Å²) >= 11 is 1.41. The van der Waals surface area contributed by atoms with E-state index >= 15 is 0 Å². The van der Waals surface area contributed by atoms with Gasteiger partial charge in [0.05, 0.1) is 5.75 Å². The highest BCUT2D eigenvalue weighted by Crippen LogP contribution is 2.18. The first-order valence-electron chi connectivity index (χ1n) is 5.78. The summed E-state index contributed by atoms with van der Waals surface area (Å²) in [6, 6.07) is 0. The van der Waals surface area contributed by atoms with Gasteiger partial charge in [0.2, 0.25) is 5.89 Å². The zero-order chi connectivity index (χ0) is 13.0. The second-order valence-electron chi connectivity index (χ2n) is 3.84. The molecule has 0 aliphatic carbocycles. The smallest absolute Gasteiger partial charge is 0.338 e. The molecule has 18 heavy (non-hydrogen) atoms. The normalized spacial score (nSPS) is 11.0. The largest absolute Gasteiger partial charge is 0.343 e. The second-order valence-corrected chi connectivity index (χ2v) is 4.78. The van der Waals surface area contributed by atoms with Gasteiger partial charge >= 0.3 is 5.69 Å². The van der Waals surface area contributed by atoms with Gasteiger partial charge in [-0.1, -0.05) is 30.3 Å². The Kier molecular flexibility index (Phi) is 4.19. The summed E-state index contributed by atoms with van der Waals surface area (Å²) in [4.78, 5) is 15.6. The number of thioether (sulfide) groups is 1. The van der Waals surface area contributed by atoms with Crippen LogP contribution in [0, 0.1) is 6.92 Å². The van der Waals surface area contributed by atoms with E-state index in [2.05, 4.69) is 27.3 Å². The Bertz CT molecular complexity index is 559. The van der Waals surface area contributed by atoms with Crippen LogP contribution in [0.4, 0.5) is 0 Å². The van der Waals surface area contributed by atoms with E-state index < -0.39 is 0 Å².